The van der Waals surface area contributed by atoms with E-state index in [-0.39, 0.29) is 0 Å². The van der Waals surface area contributed by atoms with Gasteiger partial charge in [0.05, 0.1) is 0 Å². The molecule has 13 heavy (non-hydrogen) atoms. The van der Waals surface area contributed by atoms with Crippen molar-refractivity contribution in [3.8, 4) is 0 Å². The van der Waals surface area contributed by atoms with E-state index in [4.69, 9.17) is 5.73 Å². The molecule has 0 fully saturated rings. The first-order chi connectivity index (χ1) is 6.04. The predicted octanol–water partition coefficient (Wildman–Crippen LogP) is 3.26. The predicted molar refractivity (Wildman–Crippen MR) is 42.3 cm³/mol. The van der Waals surface area contributed by atoms with Crippen LogP contribution in [0.5, 0.6) is 0 Å². The van der Waals surface area contributed by atoms with Crippen molar-refractivity contribution in [3.63, 3.8) is 0 Å². The van der Waals surface area contributed by atoms with Crippen LogP contribution in [0.1, 0.15) is 0 Å². The van der Waals surface area contributed by atoms with E-state index in [2.05, 4.69) is 0 Å². The van der Waals surface area contributed by atoms with Gasteiger partial charge in [0.15, 0.2) is 0 Å². The summed E-state index contributed by atoms with van der Waals surface area (Å²) < 4.78 is 41.1. The van der Waals surface area contributed by atoms with Crippen molar-refractivity contribution in [2.45, 2.75) is 0 Å². The molecule has 72 valence electrons. The quantitative estimate of drug-likeness (QED) is 0.496. The number of para-hydroxylation sites is 1. The summed E-state index contributed by atoms with van der Waals surface area (Å²) in [6.07, 6.45) is -5.81. The number of hydrogen-bond acceptors (Lipinski definition) is 1. The standard InChI is InChI=1S/C6H7N.C2F4/c7-6-4-2-1-3-5-6;3-1(4)2(5)6/h1-5H,7H2;. The van der Waals surface area contributed by atoms with Crippen LogP contribution in [-0.4, -0.2) is 0 Å². The lowest BCUT2D eigenvalue weighted by Crippen LogP contribution is -1.79. The third-order valence-corrected chi connectivity index (χ3v) is 0.942. The molecule has 0 radical (unpaired) electrons. The molecule has 1 aromatic rings. The highest BCUT2D eigenvalue weighted by atomic mass is 19.3. The monoisotopic (exact) mass is 193 g/mol. The molecule has 1 nitrogen and oxygen atoms in total. The Morgan fingerprint density at radius 3 is 1.38 bits per heavy atom. The van der Waals surface area contributed by atoms with Crippen molar-refractivity contribution in [1.29, 1.82) is 0 Å². The van der Waals surface area contributed by atoms with Crippen LogP contribution in [0.2, 0.25) is 0 Å². The topological polar surface area (TPSA) is 26.0 Å². The van der Waals surface area contributed by atoms with Gasteiger partial charge >= 0.3 is 12.2 Å². The van der Waals surface area contributed by atoms with E-state index in [0.29, 0.717) is 0 Å². The Kier molecular flexibility index (Phi) is 5.34. The molecule has 0 saturated carbocycles. The molecule has 0 aromatic heterocycles. The van der Waals surface area contributed by atoms with Crippen LogP contribution in [-0.2, 0) is 0 Å². The van der Waals surface area contributed by atoms with Crippen LogP contribution in [0.25, 0.3) is 0 Å². The van der Waals surface area contributed by atoms with Gasteiger partial charge in [-0.25, -0.2) is 0 Å². The summed E-state index contributed by atoms with van der Waals surface area (Å²) in [6.45, 7) is 0. The van der Waals surface area contributed by atoms with Crippen LogP contribution in [0, 0.1) is 0 Å². The Bertz CT molecular complexity index is 253. The van der Waals surface area contributed by atoms with E-state index in [1.807, 2.05) is 30.3 Å². The first kappa shape index (κ1) is 11.5. The minimum Gasteiger partial charge on any atom is -0.399 e. The highest BCUT2D eigenvalue weighted by Crippen LogP contribution is 2.08. The molecule has 1 aromatic carbocycles. The molecule has 0 bridgehead atoms. The van der Waals surface area contributed by atoms with Crippen molar-refractivity contribution in [2.75, 3.05) is 5.73 Å². The Balaban J connectivity index is 0.000000226. The number of hydrogen-bond donors (Lipinski definition) is 1. The molecule has 5 heteroatoms. The molecule has 0 aliphatic rings. The lowest BCUT2D eigenvalue weighted by atomic mass is 10.3. The maximum Gasteiger partial charge on any atom is 0.334 e. The van der Waals surface area contributed by atoms with Crippen molar-refractivity contribution in [1.82, 2.24) is 0 Å². The smallest absolute Gasteiger partial charge is 0.334 e. The van der Waals surface area contributed by atoms with Crippen molar-refractivity contribution >= 4 is 5.69 Å². The second-order valence-corrected chi connectivity index (χ2v) is 1.93. The van der Waals surface area contributed by atoms with Crippen LogP contribution in [0.4, 0.5) is 23.2 Å². The van der Waals surface area contributed by atoms with Crippen LogP contribution in [0.15, 0.2) is 42.5 Å². The number of nitrogen functional groups attached to an aromatic ring is 1. The average Bonchev–Trinajstić information content (AvgIpc) is 2.06. The second kappa shape index (κ2) is 6.05. The summed E-state index contributed by atoms with van der Waals surface area (Å²) in [4.78, 5) is 0. The Morgan fingerprint density at radius 1 is 0.846 bits per heavy atom. The lowest BCUT2D eigenvalue weighted by Gasteiger charge is -1.83. The van der Waals surface area contributed by atoms with Gasteiger partial charge in [-0.15, -0.1) is 0 Å². The maximum absolute atomic E-state index is 10.3. The van der Waals surface area contributed by atoms with Gasteiger partial charge in [-0.3, -0.25) is 0 Å². The fourth-order valence-corrected chi connectivity index (χ4v) is 0.453. The van der Waals surface area contributed by atoms with E-state index in [9.17, 15) is 17.6 Å². The molecular formula is C8H7F4N. The van der Waals surface area contributed by atoms with Gasteiger partial charge in [0.2, 0.25) is 0 Å². The fourth-order valence-electron chi connectivity index (χ4n) is 0.453. The fraction of sp³-hybridized carbons (Fsp3) is 0. The molecule has 0 saturated heterocycles. The van der Waals surface area contributed by atoms with Gasteiger partial charge in [0.25, 0.3) is 0 Å². The lowest BCUT2D eigenvalue weighted by molar-refractivity contribution is 0.308. The summed E-state index contributed by atoms with van der Waals surface area (Å²) >= 11 is 0. The number of nitrogens with two attached hydrogens (primary N) is 1. The second-order valence-electron chi connectivity index (χ2n) is 1.93. The molecule has 1 rings (SSSR count). The van der Waals surface area contributed by atoms with E-state index >= 15 is 0 Å². The Morgan fingerprint density at radius 2 is 1.23 bits per heavy atom. The van der Waals surface area contributed by atoms with Gasteiger partial charge in [-0.1, -0.05) is 18.2 Å². The number of benzene rings is 1. The third-order valence-electron chi connectivity index (χ3n) is 0.942. The van der Waals surface area contributed by atoms with Gasteiger partial charge in [0.1, 0.15) is 0 Å². The van der Waals surface area contributed by atoms with Gasteiger partial charge in [-0.05, 0) is 12.1 Å². The van der Waals surface area contributed by atoms with E-state index in [1.54, 1.807) is 0 Å². The molecule has 0 aliphatic heterocycles. The summed E-state index contributed by atoms with van der Waals surface area (Å²) in [5.41, 5.74) is 6.18. The maximum atomic E-state index is 10.3. The highest BCUT2D eigenvalue weighted by Gasteiger charge is 1.98. The minimum absolute atomic E-state index is 0.822. The van der Waals surface area contributed by atoms with Gasteiger partial charge < -0.3 is 5.73 Å². The summed E-state index contributed by atoms with van der Waals surface area (Å²) in [5.74, 6) is 0. The zero-order valence-electron chi connectivity index (χ0n) is 6.48. The minimum atomic E-state index is -2.91. The van der Waals surface area contributed by atoms with E-state index < -0.39 is 12.2 Å². The summed E-state index contributed by atoms with van der Waals surface area (Å²) in [5, 5.41) is 0. The van der Waals surface area contributed by atoms with E-state index in [0.717, 1.165) is 5.69 Å². The number of rotatable bonds is 0. The molecule has 2 N–H and O–H groups in total. The zero-order valence-corrected chi connectivity index (χ0v) is 6.48. The first-order valence-corrected chi connectivity index (χ1v) is 3.21. The van der Waals surface area contributed by atoms with Crippen molar-refractivity contribution < 1.29 is 17.6 Å². The largest absolute Gasteiger partial charge is 0.399 e. The van der Waals surface area contributed by atoms with E-state index in [1.165, 1.54) is 0 Å². The number of halogens is 4. The molecule has 0 heterocycles. The number of anilines is 1. The Labute approximate surface area is 72.5 Å². The van der Waals surface area contributed by atoms with Crippen molar-refractivity contribution in [2.24, 2.45) is 0 Å². The molecular weight excluding hydrogens is 186 g/mol. The SMILES string of the molecule is FC(F)=C(F)F.Nc1ccccc1. The normalized spacial score (nSPS) is 8.31. The molecule has 0 aliphatic carbocycles. The van der Waals surface area contributed by atoms with Crippen molar-refractivity contribution in [3.05, 3.63) is 42.5 Å². The zero-order chi connectivity index (χ0) is 10.3. The third kappa shape index (κ3) is 6.86. The first-order valence-electron chi connectivity index (χ1n) is 3.21. The molecule has 0 amide bonds. The highest BCUT2D eigenvalue weighted by molar-refractivity contribution is 5.35. The summed E-state index contributed by atoms with van der Waals surface area (Å²) in [7, 11) is 0. The molecule has 0 unspecified atom stereocenters. The van der Waals surface area contributed by atoms with Gasteiger partial charge in [0, 0.05) is 5.69 Å². The van der Waals surface area contributed by atoms with Crippen LogP contribution >= 0.6 is 0 Å². The Hall–Kier alpha value is -1.52. The molecule has 0 spiro atoms. The molecule has 0 atom stereocenters. The van der Waals surface area contributed by atoms with Gasteiger partial charge in [-0.2, -0.15) is 17.6 Å². The average molecular weight is 193 g/mol. The van der Waals surface area contributed by atoms with Crippen LogP contribution < -0.4 is 5.73 Å². The summed E-state index contributed by atoms with van der Waals surface area (Å²) in [6, 6.07) is 9.49. The van der Waals surface area contributed by atoms with Crippen LogP contribution in [0.3, 0.4) is 0 Å².